The number of nitrogens with zero attached hydrogens (tertiary/aromatic N) is 2. The Labute approximate surface area is 195 Å². The van der Waals surface area contributed by atoms with Crippen LogP contribution in [0.5, 0.6) is 0 Å². The number of halogens is 2. The number of β-amino-alcohol motifs (C(OH)–C–C–N with tert-alkyl or cyclic N) is 1. The molecule has 0 radical (unpaired) electrons. The van der Waals surface area contributed by atoms with E-state index in [-0.39, 0.29) is 23.5 Å². The molecule has 4 aromatic rings. The number of amides is 1. The van der Waals surface area contributed by atoms with E-state index in [0.717, 1.165) is 35.1 Å². The summed E-state index contributed by atoms with van der Waals surface area (Å²) in [5.41, 5.74) is 1.96. The van der Waals surface area contributed by atoms with Gasteiger partial charge in [-0.1, -0.05) is 44.0 Å². The third-order valence-corrected chi connectivity index (χ3v) is 8.26. The van der Waals surface area contributed by atoms with Crippen LogP contribution in [0.2, 0.25) is 0 Å². The van der Waals surface area contributed by atoms with Crippen molar-refractivity contribution in [2.75, 3.05) is 6.54 Å². The first-order valence-corrected chi connectivity index (χ1v) is 12.5. The third kappa shape index (κ3) is 3.31. The lowest BCUT2D eigenvalue weighted by Gasteiger charge is -2.20. The van der Waals surface area contributed by atoms with E-state index in [4.69, 9.17) is 0 Å². The number of hydrogen-bond donors (Lipinski definition) is 1. The van der Waals surface area contributed by atoms with Crippen LogP contribution >= 0.6 is 31.9 Å². The zero-order chi connectivity index (χ0) is 21.9. The fraction of sp³-hybridized carbons (Fsp3) is 0.136. The Kier molecular flexibility index (Phi) is 4.97. The molecule has 0 bridgehead atoms. The summed E-state index contributed by atoms with van der Waals surface area (Å²) in [5, 5.41) is 12.9. The third-order valence-electron chi connectivity index (χ3n) is 5.47. The maximum atomic E-state index is 12.8. The minimum atomic E-state index is -3.96. The monoisotopic (exact) mass is 562 g/mol. The quantitative estimate of drug-likeness (QED) is 0.396. The number of aliphatic hydroxyl groups excluding tert-OH is 1. The van der Waals surface area contributed by atoms with Crippen molar-refractivity contribution in [1.82, 2.24) is 8.87 Å². The van der Waals surface area contributed by atoms with Gasteiger partial charge in [0.05, 0.1) is 24.8 Å². The summed E-state index contributed by atoms with van der Waals surface area (Å²) >= 11 is 7.01. The number of aromatic nitrogens is 1. The largest absolute Gasteiger partial charge is 0.389 e. The van der Waals surface area contributed by atoms with Gasteiger partial charge in [0.1, 0.15) is 4.90 Å². The fourth-order valence-electron chi connectivity index (χ4n) is 4.12. The molecule has 1 aliphatic rings. The number of sulfonamides is 1. The van der Waals surface area contributed by atoms with Gasteiger partial charge >= 0.3 is 0 Å². The van der Waals surface area contributed by atoms with Crippen molar-refractivity contribution >= 4 is 69.6 Å². The summed E-state index contributed by atoms with van der Waals surface area (Å²) < 4.78 is 30.2. The number of carbonyl (C=O) groups is 1. The molecular formula is C22H16Br2N2O4S. The van der Waals surface area contributed by atoms with Gasteiger partial charge in [-0.25, -0.2) is 12.7 Å². The number of benzene rings is 3. The average Bonchev–Trinajstić information content (AvgIpc) is 3.12. The maximum absolute atomic E-state index is 12.8. The molecule has 9 heteroatoms. The normalized spacial score (nSPS) is 16.2. The molecule has 31 heavy (non-hydrogen) atoms. The van der Waals surface area contributed by atoms with E-state index in [0.29, 0.717) is 0 Å². The predicted molar refractivity (Wildman–Crippen MR) is 126 cm³/mol. The Morgan fingerprint density at radius 2 is 1.45 bits per heavy atom. The Hall–Kier alpha value is -2.20. The average molecular weight is 564 g/mol. The molecule has 1 unspecified atom stereocenters. The van der Waals surface area contributed by atoms with Gasteiger partial charge in [0.25, 0.3) is 15.9 Å². The van der Waals surface area contributed by atoms with Crippen LogP contribution in [0.1, 0.15) is 10.4 Å². The van der Waals surface area contributed by atoms with Crippen LogP contribution < -0.4 is 0 Å². The number of fused-ring (bicyclic) bond motifs is 4. The molecule has 1 atom stereocenters. The molecule has 6 nitrogen and oxygen atoms in total. The highest BCUT2D eigenvalue weighted by Gasteiger charge is 2.41. The molecule has 0 saturated heterocycles. The first kappa shape index (κ1) is 20.7. The highest BCUT2D eigenvalue weighted by Crippen LogP contribution is 2.34. The van der Waals surface area contributed by atoms with Crippen LogP contribution in [0.3, 0.4) is 0 Å². The summed E-state index contributed by atoms with van der Waals surface area (Å²) in [6.45, 7) is -0.178. The summed E-state index contributed by atoms with van der Waals surface area (Å²) in [6, 6.07) is 17.9. The van der Waals surface area contributed by atoms with Crippen LogP contribution in [0.25, 0.3) is 21.8 Å². The van der Waals surface area contributed by atoms with E-state index in [1.165, 1.54) is 12.1 Å². The van der Waals surface area contributed by atoms with Gasteiger partial charge in [0, 0.05) is 30.8 Å². The topological polar surface area (TPSA) is 79.6 Å². The van der Waals surface area contributed by atoms with Gasteiger partial charge < -0.3 is 9.67 Å². The number of aliphatic hydroxyl groups is 1. The molecule has 1 N–H and O–H groups in total. The number of rotatable bonds is 4. The van der Waals surface area contributed by atoms with Crippen molar-refractivity contribution in [3.63, 3.8) is 0 Å². The van der Waals surface area contributed by atoms with Crippen molar-refractivity contribution < 1.29 is 18.3 Å². The Bertz CT molecular complexity index is 1420. The van der Waals surface area contributed by atoms with Crippen LogP contribution in [0.4, 0.5) is 0 Å². The predicted octanol–water partition coefficient (Wildman–Crippen LogP) is 4.53. The van der Waals surface area contributed by atoms with E-state index in [1.807, 2.05) is 41.0 Å². The molecule has 0 saturated carbocycles. The van der Waals surface area contributed by atoms with Crippen molar-refractivity contribution in [2.45, 2.75) is 17.5 Å². The van der Waals surface area contributed by atoms with Gasteiger partial charge in [0.15, 0.2) is 0 Å². The molecule has 0 aliphatic carbocycles. The van der Waals surface area contributed by atoms with E-state index >= 15 is 0 Å². The Balaban J connectivity index is 1.52. The second kappa shape index (κ2) is 7.44. The number of hydrogen-bond acceptors (Lipinski definition) is 4. The highest BCUT2D eigenvalue weighted by molar-refractivity contribution is 9.10. The lowest BCUT2D eigenvalue weighted by Crippen LogP contribution is -2.38. The molecule has 1 amide bonds. The molecule has 158 valence electrons. The number of carbonyl (C=O) groups excluding carboxylic acids is 1. The SMILES string of the molecule is O=C1c2ccccc2S(=O)(=O)N1CC(O)Cn1c2ccc(Br)cc2c2cc(Br)ccc21. The summed E-state index contributed by atoms with van der Waals surface area (Å²) in [4.78, 5) is 12.7. The van der Waals surface area contributed by atoms with Gasteiger partial charge in [-0.2, -0.15) is 0 Å². The molecule has 2 heterocycles. The van der Waals surface area contributed by atoms with Gasteiger partial charge in [-0.15, -0.1) is 0 Å². The van der Waals surface area contributed by atoms with E-state index in [9.17, 15) is 18.3 Å². The van der Waals surface area contributed by atoms with Crippen molar-refractivity contribution in [3.05, 3.63) is 75.2 Å². The molecule has 0 fully saturated rings. The van der Waals surface area contributed by atoms with Crippen LogP contribution in [0.15, 0.2) is 74.5 Å². The highest BCUT2D eigenvalue weighted by atomic mass is 79.9. The van der Waals surface area contributed by atoms with Crippen molar-refractivity contribution in [1.29, 1.82) is 0 Å². The minimum absolute atomic E-state index is 0.0150. The molecule has 1 aromatic heterocycles. The van der Waals surface area contributed by atoms with Crippen LogP contribution in [-0.2, 0) is 16.6 Å². The molecule has 5 rings (SSSR count). The smallest absolute Gasteiger partial charge is 0.269 e. The van der Waals surface area contributed by atoms with E-state index < -0.39 is 22.0 Å². The van der Waals surface area contributed by atoms with Gasteiger partial charge in [-0.05, 0) is 48.5 Å². The van der Waals surface area contributed by atoms with Crippen molar-refractivity contribution in [3.8, 4) is 0 Å². The molecule has 1 aliphatic heterocycles. The minimum Gasteiger partial charge on any atom is -0.389 e. The first-order chi connectivity index (χ1) is 14.8. The van der Waals surface area contributed by atoms with Crippen molar-refractivity contribution in [2.24, 2.45) is 0 Å². The summed E-state index contributed by atoms with van der Waals surface area (Å²) in [7, 11) is -3.96. The van der Waals surface area contributed by atoms with E-state index in [1.54, 1.807) is 12.1 Å². The first-order valence-electron chi connectivity index (χ1n) is 9.48. The van der Waals surface area contributed by atoms with Gasteiger partial charge in [-0.3, -0.25) is 4.79 Å². The van der Waals surface area contributed by atoms with Gasteiger partial charge in [0.2, 0.25) is 0 Å². The lowest BCUT2D eigenvalue weighted by molar-refractivity contribution is 0.0774. The molecular weight excluding hydrogens is 548 g/mol. The molecule has 0 spiro atoms. The summed E-state index contributed by atoms with van der Waals surface area (Å²) in [5.74, 6) is -0.607. The second-order valence-electron chi connectivity index (χ2n) is 7.42. The summed E-state index contributed by atoms with van der Waals surface area (Å²) in [6.07, 6.45) is -1.08. The fourth-order valence-corrected chi connectivity index (χ4v) is 6.44. The Morgan fingerprint density at radius 1 is 0.871 bits per heavy atom. The lowest BCUT2D eigenvalue weighted by atomic mass is 10.2. The zero-order valence-electron chi connectivity index (χ0n) is 16.0. The standard InChI is InChI=1S/C22H16Br2N2O4S/c23-13-5-7-19-17(9-13)18-10-14(24)6-8-20(18)25(19)11-15(27)12-26-22(28)16-3-1-2-4-21(16)31(26,29)30/h1-10,15,27H,11-12H2. The Morgan fingerprint density at radius 3 is 2.03 bits per heavy atom. The van der Waals surface area contributed by atoms with E-state index in [2.05, 4.69) is 31.9 Å². The zero-order valence-corrected chi connectivity index (χ0v) is 20.0. The van der Waals surface area contributed by atoms with Crippen LogP contribution in [-0.4, -0.2) is 41.0 Å². The second-order valence-corrected chi connectivity index (χ2v) is 11.1. The maximum Gasteiger partial charge on any atom is 0.269 e. The molecule has 3 aromatic carbocycles. The van der Waals surface area contributed by atoms with Crippen LogP contribution in [0, 0.1) is 0 Å².